The van der Waals surface area contributed by atoms with Gasteiger partial charge in [0, 0.05) is 12.0 Å². The first-order valence-electron chi connectivity index (χ1n) is 8.48. The van der Waals surface area contributed by atoms with Crippen LogP contribution in [0.15, 0.2) is 42.5 Å². The predicted molar refractivity (Wildman–Crippen MR) is 96.8 cm³/mol. The van der Waals surface area contributed by atoms with Gasteiger partial charge in [-0.05, 0) is 41.2 Å². The highest BCUT2D eigenvalue weighted by Crippen LogP contribution is 2.33. The summed E-state index contributed by atoms with van der Waals surface area (Å²) in [5.74, 6) is 0.904. The average Bonchev–Trinajstić information content (AvgIpc) is 2.94. The number of ether oxygens (including phenoxy) is 1. The van der Waals surface area contributed by atoms with Gasteiger partial charge in [0.05, 0.1) is 6.54 Å². The van der Waals surface area contributed by atoms with E-state index in [1.54, 1.807) is 0 Å². The van der Waals surface area contributed by atoms with Gasteiger partial charge in [-0.3, -0.25) is 4.79 Å². The molecule has 1 aliphatic rings. The van der Waals surface area contributed by atoms with Crippen LogP contribution in [-0.4, -0.2) is 18.6 Å². The lowest BCUT2D eigenvalue weighted by Crippen LogP contribution is -2.34. The second-order valence-corrected chi connectivity index (χ2v) is 7.54. The van der Waals surface area contributed by atoms with Crippen LogP contribution in [0.25, 0.3) is 0 Å². The summed E-state index contributed by atoms with van der Waals surface area (Å²) in [6, 6.07) is 14.0. The Bertz CT molecular complexity index is 759. The Labute approximate surface area is 144 Å². The predicted octanol–water partition coefficient (Wildman–Crippen LogP) is 4.03. The van der Waals surface area contributed by atoms with Crippen LogP contribution in [0.4, 0.5) is 0 Å². The SMILES string of the molecule is Cc1ccccc1C(=O)NC[C@@H]1Cc2cc(C(C)(C)C)ccc2O1. The molecule has 0 spiro atoms. The monoisotopic (exact) mass is 323 g/mol. The third-order valence-electron chi connectivity index (χ3n) is 4.55. The van der Waals surface area contributed by atoms with E-state index in [-0.39, 0.29) is 17.4 Å². The van der Waals surface area contributed by atoms with Crippen LogP contribution in [0.3, 0.4) is 0 Å². The maximum atomic E-state index is 12.3. The molecule has 2 aromatic carbocycles. The molecule has 0 saturated heterocycles. The molecule has 2 aromatic rings. The quantitative estimate of drug-likeness (QED) is 0.926. The molecular weight excluding hydrogens is 298 g/mol. The van der Waals surface area contributed by atoms with Gasteiger partial charge >= 0.3 is 0 Å². The third kappa shape index (κ3) is 3.45. The number of benzene rings is 2. The fourth-order valence-corrected chi connectivity index (χ4v) is 3.03. The lowest BCUT2D eigenvalue weighted by atomic mass is 9.86. The molecule has 0 bridgehead atoms. The first kappa shape index (κ1) is 16.6. The van der Waals surface area contributed by atoms with Crippen LogP contribution in [0.1, 0.15) is 47.8 Å². The summed E-state index contributed by atoms with van der Waals surface area (Å²) in [7, 11) is 0. The molecule has 0 radical (unpaired) electrons. The Balaban J connectivity index is 1.62. The summed E-state index contributed by atoms with van der Waals surface area (Å²) in [6.45, 7) is 9.11. The van der Waals surface area contributed by atoms with Gasteiger partial charge in [0.2, 0.25) is 0 Å². The molecule has 1 N–H and O–H groups in total. The molecule has 0 aromatic heterocycles. The van der Waals surface area contributed by atoms with Crippen LogP contribution in [0.2, 0.25) is 0 Å². The standard InChI is InChI=1S/C21H25NO2/c1-14-7-5-6-8-18(14)20(23)22-13-17-12-15-11-16(21(2,3)4)9-10-19(15)24-17/h5-11,17H,12-13H2,1-4H3,(H,22,23)/t17-/m0/s1. The van der Waals surface area contributed by atoms with Gasteiger partial charge in [0.15, 0.2) is 0 Å². The summed E-state index contributed by atoms with van der Waals surface area (Å²) in [4.78, 5) is 12.3. The fraction of sp³-hybridized carbons (Fsp3) is 0.381. The topological polar surface area (TPSA) is 38.3 Å². The van der Waals surface area contributed by atoms with E-state index in [1.807, 2.05) is 31.2 Å². The van der Waals surface area contributed by atoms with Crippen molar-refractivity contribution in [3.05, 3.63) is 64.7 Å². The molecule has 0 fully saturated rings. The Kier molecular flexibility index (Phi) is 4.35. The van der Waals surface area contributed by atoms with Crippen molar-refractivity contribution in [3.8, 4) is 5.75 Å². The maximum absolute atomic E-state index is 12.3. The zero-order valence-corrected chi connectivity index (χ0v) is 14.8. The largest absolute Gasteiger partial charge is 0.488 e. The van der Waals surface area contributed by atoms with Crippen LogP contribution < -0.4 is 10.1 Å². The molecule has 3 heteroatoms. The highest BCUT2D eigenvalue weighted by Gasteiger charge is 2.25. The molecule has 1 aliphatic heterocycles. The minimum absolute atomic E-state index is 0.00295. The molecule has 1 heterocycles. The third-order valence-corrected chi connectivity index (χ3v) is 4.55. The second kappa shape index (κ2) is 6.31. The van der Waals surface area contributed by atoms with Crippen LogP contribution in [0.5, 0.6) is 5.75 Å². The van der Waals surface area contributed by atoms with Gasteiger partial charge in [0.25, 0.3) is 5.91 Å². The molecule has 0 aliphatic carbocycles. The van der Waals surface area contributed by atoms with E-state index in [2.05, 4.69) is 44.3 Å². The van der Waals surface area contributed by atoms with Crippen molar-refractivity contribution in [1.82, 2.24) is 5.32 Å². The van der Waals surface area contributed by atoms with Crippen molar-refractivity contribution in [2.45, 2.75) is 45.6 Å². The molecule has 3 nitrogen and oxygen atoms in total. The molecule has 0 saturated carbocycles. The van der Waals surface area contributed by atoms with Gasteiger partial charge in [0.1, 0.15) is 11.9 Å². The Hall–Kier alpha value is -2.29. The van der Waals surface area contributed by atoms with Crippen molar-refractivity contribution in [2.75, 3.05) is 6.54 Å². The smallest absolute Gasteiger partial charge is 0.251 e. The molecule has 1 amide bonds. The number of aryl methyl sites for hydroxylation is 1. The molecule has 126 valence electrons. The Morgan fingerprint density at radius 2 is 1.96 bits per heavy atom. The summed E-state index contributed by atoms with van der Waals surface area (Å²) < 4.78 is 5.98. The summed E-state index contributed by atoms with van der Waals surface area (Å²) in [5.41, 5.74) is 4.39. The molecule has 1 atom stereocenters. The molecule has 3 rings (SSSR count). The van der Waals surface area contributed by atoms with Crippen LogP contribution >= 0.6 is 0 Å². The van der Waals surface area contributed by atoms with Crippen molar-refractivity contribution in [3.63, 3.8) is 0 Å². The van der Waals surface area contributed by atoms with E-state index < -0.39 is 0 Å². The lowest BCUT2D eigenvalue weighted by Gasteiger charge is -2.19. The first-order valence-corrected chi connectivity index (χ1v) is 8.48. The Morgan fingerprint density at radius 1 is 1.21 bits per heavy atom. The number of nitrogens with one attached hydrogen (secondary N) is 1. The zero-order chi connectivity index (χ0) is 17.3. The van der Waals surface area contributed by atoms with E-state index in [0.29, 0.717) is 6.54 Å². The summed E-state index contributed by atoms with van der Waals surface area (Å²) in [6.07, 6.45) is 0.844. The number of carbonyl (C=O) groups excluding carboxylic acids is 1. The van der Waals surface area contributed by atoms with Gasteiger partial charge in [-0.15, -0.1) is 0 Å². The van der Waals surface area contributed by atoms with Gasteiger partial charge in [-0.2, -0.15) is 0 Å². The highest BCUT2D eigenvalue weighted by atomic mass is 16.5. The van der Waals surface area contributed by atoms with E-state index in [1.165, 1.54) is 11.1 Å². The van der Waals surface area contributed by atoms with Crippen molar-refractivity contribution < 1.29 is 9.53 Å². The minimum Gasteiger partial charge on any atom is -0.488 e. The summed E-state index contributed by atoms with van der Waals surface area (Å²) in [5, 5.41) is 3.00. The van der Waals surface area contributed by atoms with Gasteiger partial charge in [-0.1, -0.05) is 51.1 Å². The molecule has 24 heavy (non-hydrogen) atoms. The van der Waals surface area contributed by atoms with Crippen molar-refractivity contribution >= 4 is 5.91 Å². The van der Waals surface area contributed by atoms with Crippen molar-refractivity contribution in [2.24, 2.45) is 0 Å². The number of hydrogen-bond acceptors (Lipinski definition) is 2. The second-order valence-electron chi connectivity index (χ2n) is 7.54. The van der Waals surface area contributed by atoms with E-state index in [4.69, 9.17) is 4.74 Å². The number of fused-ring (bicyclic) bond motifs is 1. The maximum Gasteiger partial charge on any atom is 0.251 e. The normalized spacial score (nSPS) is 16.4. The highest BCUT2D eigenvalue weighted by molar-refractivity contribution is 5.95. The first-order chi connectivity index (χ1) is 11.3. The fourth-order valence-electron chi connectivity index (χ4n) is 3.03. The van der Waals surface area contributed by atoms with Gasteiger partial charge < -0.3 is 10.1 Å². The van der Waals surface area contributed by atoms with Crippen LogP contribution in [0, 0.1) is 6.92 Å². The van der Waals surface area contributed by atoms with Gasteiger partial charge in [-0.25, -0.2) is 0 Å². The lowest BCUT2D eigenvalue weighted by molar-refractivity contribution is 0.0933. The average molecular weight is 323 g/mol. The van der Waals surface area contributed by atoms with E-state index in [9.17, 15) is 4.79 Å². The van der Waals surface area contributed by atoms with Crippen LogP contribution in [-0.2, 0) is 11.8 Å². The zero-order valence-electron chi connectivity index (χ0n) is 14.8. The minimum atomic E-state index is -0.0389. The molecular formula is C21H25NO2. The van der Waals surface area contributed by atoms with E-state index in [0.717, 1.165) is 23.3 Å². The number of hydrogen-bond donors (Lipinski definition) is 1. The number of carbonyl (C=O) groups is 1. The van der Waals surface area contributed by atoms with Crippen molar-refractivity contribution in [1.29, 1.82) is 0 Å². The Morgan fingerprint density at radius 3 is 2.67 bits per heavy atom. The summed E-state index contributed by atoms with van der Waals surface area (Å²) >= 11 is 0. The number of rotatable bonds is 3. The van der Waals surface area contributed by atoms with E-state index >= 15 is 0 Å². The number of amides is 1. The molecule has 0 unspecified atom stereocenters.